The van der Waals surface area contributed by atoms with Crippen molar-refractivity contribution in [3.05, 3.63) is 35.9 Å². The van der Waals surface area contributed by atoms with Gasteiger partial charge >= 0.3 is 0 Å². The van der Waals surface area contributed by atoms with Crippen molar-refractivity contribution in [2.45, 2.75) is 46.2 Å². The molecule has 1 N–H and O–H groups in total. The molecule has 1 aromatic carbocycles. The summed E-state index contributed by atoms with van der Waals surface area (Å²) >= 11 is 0. The van der Waals surface area contributed by atoms with E-state index in [0.717, 1.165) is 31.5 Å². The Labute approximate surface area is 140 Å². The molecular formula is C19H30N2O2. The van der Waals surface area contributed by atoms with Gasteiger partial charge in [0.2, 0.25) is 5.91 Å². The molecule has 1 fully saturated rings. The minimum atomic E-state index is -0.0688. The topological polar surface area (TPSA) is 43.8 Å². The highest BCUT2D eigenvalue weighted by Crippen LogP contribution is 2.28. The maximum atomic E-state index is 12.8. The maximum Gasteiger partial charge on any atom is 0.237 e. The van der Waals surface area contributed by atoms with Gasteiger partial charge < -0.3 is 10.0 Å². The molecule has 23 heavy (non-hydrogen) atoms. The number of carbonyl (C=O) groups is 1. The number of hydrogen-bond donors (Lipinski definition) is 1. The smallest absolute Gasteiger partial charge is 0.237 e. The van der Waals surface area contributed by atoms with Crippen molar-refractivity contribution in [2.24, 2.45) is 5.41 Å². The van der Waals surface area contributed by atoms with Gasteiger partial charge in [0.15, 0.2) is 0 Å². The summed E-state index contributed by atoms with van der Waals surface area (Å²) < 4.78 is 0. The van der Waals surface area contributed by atoms with Gasteiger partial charge in [0.1, 0.15) is 0 Å². The van der Waals surface area contributed by atoms with Crippen LogP contribution in [-0.2, 0) is 11.3 Å². The zero-order chi connectivity index (χ0) is 16.9. The molecule has 1 heterocycles. The number of hydrogen-bond acceptors (Lipinski definition) is 3. The first-order valence-corrected chi connectivity index (χ1v) is 8.60. The monoisotopic (exact) mass is 318 g/mol. The lowest BCUT2D eigenvalue weighted by atomic mass is 9.83. The summed E-state index contributed by atoms with van der Waals surface area (Å²) in [6.07, 6.45) is 2.08. The summed E-state index contributed by atoms with van der Waals surface area (Å²) in [7, 11) is 0. The van der Waals surface area contributed by atoms with Gasteiger partial charge in [-0.3, -0.25) is 9.69 Å². The minimum Gasteiger partial charge on any atom is -0.396 e. The summed E-state index contributed by atoms with van der Waals surface area (Å²) in [5, 5.41) is 9.57. The third-order valence-corrected chi connectivity index (χ3v) is 4.74. The second kappa shape index (κ2) is 7.93. The van der Waals surface area contributed by atoms with E-state index in [9.17, 15) is 9.90 Å². The van der Waals surface area contributed by atoms with Crippen LogP contribution in [0.2, 0.25) is 0 Å². The van der Waals surface area contributed by atoms with Crippen molar-refractivity contribution in [2.75, 3.05) is 26.2 Å². The normalized spacial score (nSPS) is 22.3. The molecule has 1 aromatic rings. The lowest BCUT2D eigenvalue weighted by Crippen LogP contribution is -2.49. The highest BCUT2D eigenvalue weighted by molar-refractivity contribution is 5.78. The van der Waals surface area contributed by atoms with Gasteiger partial charge in [0.25, 0.3) is 0 Å². The second-order valence-electron chi connectivity index (χ2n) is 7.38. The third-order valence-electron chi connectivity index (χ3n) is 4.74. The Balaban J connectivity index is 1.98. The first-order valence-electron chi connectivity index (χ1n) is 8.60. The number of aliphatic hydroxyl groups is 1. The van der Waals surface area contributed by atoms with Gasteiger partial charge in [0, 0.05) is 31.2 Å². The molecule has 1 amide bonds. The first kappa shape index (κ1) is 18.0. The molecule has 0 radical (unpaired) electrons. The maximum absolute atomic E-state index is 12.8. The molecule has 1 aliphatic rings. The van der Waals surface area contributed by atoms with E-state index in [-0.39, 0.29) is 24.0 Å². The Kier molecular flexibility index (Phi) is 6.19. The van der Waals surface area contributed by atoms with Crippen molar-refractivity contribution in [1.29, 1.82) is 0 Å². The van der Waals surface area contributed by atoms with Crippen LogP contribution in [0.4, 0.5) is 0 Å². The standard InChI is InChI=1S/C19H30N2O2/c1-16(2)21(12-17-8-5-4-6-9-17)18(23)13-20-11-7-10-19(3,14-20)15-22/h4-6,8-9,16,22H,7,10-15H2,1-3H3. The first-order chi connectivity index (χ1) is 10.9. The van der Waals surface area contributed by atoms with Gasteiger partial charge in [-0.05, 0) is 38.8 Å². The van der Waals surface area contributed by atoms with E-state index in [1.54, 1.807) is 0 Å². The van der Waals surface area contributed by atoms with Gasteiger partial charge in [-0.15, -0.1) is 0 Å². The Morgan fingerprint density at radius 2 is 2.04 bits per heavy atom. The van der Waals surface area contributed by atoms with E-state index < -0.39 is 0 Å². The number of benzene rings is 1. The zero-order valence-electron chi connectivity index (χ0n) is 14.7. The van der Waals surface area contributed by atoms with Gasteiger partial charge in [-0.1, -0.05) is 37.3 Å². The highest BCUT2D eigenvalue weighted by Gasteiger charge is 2.32. The summed E-state index contributed by atoms with van der Waals surface area (Å²) in [4.78, 5) is 16.9. The van der Waals surface area contributed by atoms with E-state index in [1.165, 1.54) is 0 Å². The van der Waals surface area contributed by atoms with Crippen molar-refractivity contribution < 1.29 is 9.90 Å². The van der Waals surface area contributed by atoms with E-state index in [2.05, 4.69) is 37.8 Å². The lowest BCUT2D eigenvalue weighted by molar-refractivity contribution is -0.135. The van der Waals surface area contributed by atoms with Crippen LogP contribution in [0.25, 0.3) is 0 Å². The van der Waals surface area contributed by atoms with Gasteiger partial charge in [-0.2, -0.15) is 0 Å². The Bertz CT molecular complexity index is 503. The molecule has 4 heteroatoms. The lowest BCUT2D eigenvalue weighted by Gasteiger charge is -2.40. The van der Waals surface area contributed by atoms with Gasteiger partial charge in [-0.25, -0.2) is 0 Å². The van der Waals surface area contributed by atoms with E-state index >= 15 is 0 Å². The number of likely N-dealkylation sites (tertiary alicyclic amines) is 1. The summed E-state index contributed by atoms with van der Waals surface area (Å²) in [5.74, 6) is 0.172. The predicted octanol–water partition coefficient (Wildman–Crippen LogP) is 2.52. The molecule has 0 bridgehead atoms. The van der Waals surface area contributed by atoms with Crippen LogP contribution in [0.15, 0.2) is 30.3 Å². The number of carbonyl (C=O) groups excluding carboxylic acids is 1. The van der Waals surface area contributed by atoms with Crippen molar-refractivity contribution in [3.8, 4) is 0 Å². The molecule has 128 valence electrons. The molecule has 0 saturated carbocycles. The Morgan fingerprint density at radius 1 is 1.35 bits per heavy atom. The van der Waals surface area contributed by atoms with E-state index in [0.29, 0.717) is 13.1 Å². The molecule has 1 saturated heterocycles. The molecule has 4 nitrogen and oxygen atoms in total. The quantitative estimate of drug-likeness (QED) is 0.876. The average molecular weight is 318 g/mol. The number of amides is 1. The largest absolute Gasteiger partial charge is 0.396 e. The van der Waals surface area contributed by atoms with Crippen molar-refractivity contribution in [3.63, 3.8) is 0 Å². The zero-order valence-corrected chi connectivity index (χ0v) is 14.7. The summed E-state index contributed by atoms with van der Waals surface area (Å²) in [6.45, 7) is 9.27. The molecule has 2 rings (SSSR count). The summed E-state index contributed by atoms with van der Waals surface area (Å²) in [6, 6.07) is 10.3. The number of rotatable bonds is 6. The fraction of sp³-hybridized carbons (Fsp3) is 0.632. The predicted molar refractivity (Wildman–Crippen MR) is 93.0 cm³/mol. The fourth-order valence-electron chi connectivity index (χ4n) is 3.31. The third kappa shape index (κ3) is 5.05. The van der Waals surface area contributed by atoms with Gasteiger partial charge in [0.05, 0.1) is 6.54 Å². The fourth-order valence-corrected chi connectivity index (χ4v) is 3.31. The molecule has 0 aliphatic carbocycles. The molecule has 1 aliphatic heterocycles. The SMILES string of the molecule is CC(C)N(Cc1ccccc1)C(=O)CN1CCCC(C)(CO)C1. The number of nitrogens with zero attached hydrogens (tertiary/aromatic N) is 2. The van der Waals surface area contributed by atoms with Crippen molar-refractivity contribution in [1.82, 2.24) is 9.80 Å². The molecule has 0 spiro atoms. The minimum absolute atomic E-state index is 0.0688. The van der Waals surface area contributed by atoms with Crippen LogP contribution in [0.1, 0.15) is 39.2 Å². The molecule has 1 unspecified atom stereocenters. The second-order valence-corrected chi connectivity index (χ2v) is 7.38. The number of aliphatic hydroxyl groups excluding tert-OH is 1. The highest BCUT2D eigenvalue weighted by atomic mass is 16.3. The van der Waals surface area contributed by atoms with E-state index in [4.69, 9.17) is 0 Å². The Hall–Kier alpha value is -1.39. The van der Waals surface area contributed by atoms with E-state index in [1.807, 2.05) is 23.1 Å². The molecular weight excluding hydrogens is 288 g/mol. The molecule has 0 aromatic heterocycles. The number of piperidine rings is 1. The van der Waals surface area contributed by atoms with Crippen LogP contribution in [0.5, 0.6) is 0 Å². The Morgan fingerprint density at radius 3 is 2.65 bits per heavy atom. The summed E-state index contributed by atoms with van der Waals surface area (Å²) in [5.41, 5.74) is 1.09. The van der Waals surface area contributed by atoms with Crippen molar-refractivity contribution >= 4 is 5.91 Å². The van der Waals surface area contributed by atoms with Crippen LogP contribution in [0, 0.1) is 5.41 Å². The average Bonchev–Trinajstić information content (AvgIpc) is 2.53. The van der Waals surface area contributed by atoms with Crippen LogP contribution >= 0.6 is 0 Å². The molecule has 1 atom stereocenters. The van der Waals surface area contributed by atoms with Crippen LogP contribution < -0.4 is 0 Å². The van der Waals surface area contributed by atoms with Crippen LogP contribution in [-0.4, -0.2) is 53.1 Å². The van der Waals surface area contributed by atoms with Crippen LogP contribution in [0.3, 0.4) is 0 Å².